The van der Waals surface area contributed by atoms with E-state index in [1.165, 1.54) is 4.90 Å². The summed E-state index contributed by atoms with van der Waals surface area (Å²) in [5, 5.41) is 2.94. The van der Waals surface area contributed by atoms with E-state index >= 15 is 0 Å². The van der Waals surface area contributed by atoms with Gasteiger partial charge in [-0.05, 0) is 13.8 Å². The Hall–Kier alpha value is -1.43. The molecule has 2 atom stereocenters. The molecular weight excluding hydrogens is 210 g/mol. The first-order valence-corrected chi connectivity index (χ1v) is 5.34. The van der Waals surface area contributed by atoms with Gasteiger partial charge in [-0.25, -0.2) is 0 Å². The highest BCUT2D eigenvalue weighted by molar-refractivity contribution is 6.05. The molecule has 0 aromatic rings. The van der Waals surface area contributed by atoms with Gasteiger partial charge in [0.2, 0.25) is 17.7 Å². The van der Waals surface area contributed by atoms with Crippen molar-refractivity contribution in [3.05, 3.63) is 0 Å². The molecule has 1 saturated heterocycles. The number of primary amides is 1. The van der Waals surface area contributed by atoms with Crippen LogP contribution in [-0.2, 0) is 14.4 Å². The number of carbonyl (C=O) groups excluding carboxylic acids is 3. The molecule has 3 N–H and O–H groups in total. The maximum absolute atomic E-state index is 11.7. The first-order valence-electron chi connectivity index (χ1n) is 5.34. The summed E-state index contributed by atoms with van der Waals surface area (Å²) in [7, 11) is 0. The molecule has 0 radical (unpaired) electrons. The Balaban J connectivity index is 2.54. The molecule has 1 fully saturated rings. The van der Waals surface area contributed by atoms with Gasteiger partial charge in [0, 0.05) is 19.0 Å². The van der Waals surface area contributed by atoms with E-state index in [0.717, 1.165) is 0 Å². The van der Waals surface area contributed by atoms with Gasteiger partial charge >= 0.3 is 0 Å². The Labute approximate surface area is 94.2 Å². The van der Waals surface area contributed by atoms with Crippen molar-refractivity contribution in [2.75, 3.05) is 6.54 Å². The molecule has 6 nitrogen and oxygen atoms in total. The third-order valence-electron chi connectivity index (χ3n) is 2.55. The Morgan fingerprint density at radius 3 is 2.69 bits per heavy atom. The third kappa shape index (κ3) is 2.79. The van der Waals surface area contributed by atoms with Gasteiger partial charge in [0.25, 0.3) is 0 Å². The van der Waals surface area contributed by atoms with E-state index in [0.29, 0.717) is 6.54 Å². The molecule has 16 heavy (non-hydrogen) atoms. The summed E-state index contributed by atoms with van der Waals surface area (Å²) in [5.74, 6) is -0.816. The minimum atomic E-state index is -0.512. The lowest BCUT2D eigenvalue weighted by atomic mass is 10.1. The number of nitrogens with zero attached hydrogens (tertiary/aromatic N) is 1. The molecule has 0 bridgehead atoms. The number of imide groups is 1. The molecule has 0 saturated carbocycles. The summed E-state index contributed by atoms with van der Waals surface area (Å²) >= 11 is 0. The lowest BCUT2D eigenvalue weighted by Gasteiger charge is -2.17. The summed E-state index contributed by atoms with van der Waals surface area (Å²) in [4.78, 5) is 35.0. The quantitative estimate of drug-likeness (QED) is 0.588. The summed E-state index contributed by atoms with van der Waals surface area (Å²) < 4.78 is 0. The second kappa shape index (κ2) is 5.07. The van der Waals surface area contributed by atoms with Crippen molar-refractivity contribution < 1.29 is 14.4 Å². The van der Waals surface area contributed by atoms with Crippen molar-refractivity contribution in [1.82, 2.24) is 10.2 Å². The smallest absolute Gasteiger partial charge is 0.246 e. The second-order valence-electron chi connectivity index (χ2n) is 3.97. The topological polar surface area (TPSA) is 92.5 Å². The Bertz CT molecular complexity index is 316. The Kier molecular flexibility index (Phi) is 4.00. The Morgan fingerprint density at radius 2 is 2.25 bits per heavy atom. The number of carbonyl (C=O) groups is 3. The van der Waals surface area contributed by atoms with Crippen LogP contribution in [0.1, 0.15) is 26.7 Å². The maximum atomic E-state index is 11.7. The van der Waals surface area contributed by atoms with Gasteiger partial charge in [-0.3, -0.25) is 19.3 Å². The number of nitrogens with one attached hydrogen (secondary N) is 1. The zero-order chi connectivity index (χ0) is 12.3. The minimum Gasteiger partial charge on any atom is -0.370 e. The highest BCUT2D eigenvalue weighted by Gasteiger charge is 2.37. The van der Waals surface area contributed by atoms with Crippen LogP contribution in [0.3, 0.4) is 0 Å². The molecule has 0 spiro atoms. The molecule has 1 aliphatic rings. The molecule has 90 valence electrons. The normalized spacial score (nSPS) is 22.6. The molecule has 1 rings (SSSR count). The Morgan fingerprint density at radius 1 is 1.62 bits per heavy atom. The lowest BCUT2D eigenvalue weighted by molar-refractivity contribution is -0.138. The maximum Gasteiger partial charge on any atom is 0.246 e. The van der Waals surface area contributed by atoms with Crippen LogP contribution >= 0.6 is 0 Å². The lowest BCUT2D eigenvalue weighted by Crippen LogP contribution is -2.43. The monoisotopic (exact) mass is 227 g/mol. The van der Waals surface area contributed by atoms with E-state index in [1.807, 2.05) is 0 Å². The SMILES string of the molecule is CCN1C(=O)CC(NC(C)CC(N)=O)C1=O. The fraction of sp³-hybridized carbons (Fsp3) is 0.700. The number of rotatable bonds is 5. The van der Waals surface area contributed by atoms with Crippen molar-refractivity contribution >= 4 is 17.7 Å². The predicted molar refractivity (Wildman–Crippen MR) is 57.2 cm³/mol. The summed E-state index contributed by atoms with van der Waals surface area (Å²) in [6.07, 6.45) is 0.319. The average Bonchev–Trinajstić information content (AvgIpc) is 2.40. The number of likely N-dealkylation sites (tertiary alicyclic amines) is 1. The van der Waals surface area contributed by atoms with Crippen molar-refractivity contribution in [3.63, 3.8) is 0 Å². The zero-order valence-corrected chi connectivity index (χ0v) is 9.53. The van der Waals surface area contributed by atoms with E-state index in [-0.39, 0.29) is 30.7 Å². The standard InChI is InChI=1S/C10H17N3O3/c1-3-13-9(15)5-7(10(13)16)12-6(2)4-8(11)14/h6-7,12H,3-5H2,1-2H3,(H2,11,14). The van der Waals surface area contributed by atoms with E-state index in [2.05, 4.69) is 5.32 Å². The molecule has 6 heteroatoms. The number of nitrogens with two attached hydrogens (primary N) is 1. The molecule has 0 aliphatic carbocycles. The van der Waals surface area contributed by atoms with Gasteiger partial charge in [-0.1, -0.05) is 0 Å². The first kappa shape index (κ1) is 12.6. The number of hydrogen-bond donors (Lipinski definition) is 2. The van der Waals surface area contributed by atoms with E-state index in [1.54, 1.807) is 13.8 Å². The van der Waals surface area contributed by atoms with E-state index in [9.17, 15) is 14.4 Å². The first-order chi connectivity index (χ1) is 7.45. The van der Waals surface area contributed by atoms with Crippen LogP contribution in [0, 0.1) is 0 Å². The van der Waals surface area contributed by atoms with Crippen LogP contribution in [0.4, 0.5) is 0 Å². The van der Waals surface area contributed by atoms with Crippen LogP contribution in [0.15, 0.2) is 0 Å². The van der Waals surface area contributed by atoms with Crippen LogP contribution in [0.5, 0.6) is 0 Å². The average molecular weight is 227 g/mol. The van der Waals surface area contributed by atoms with Crippen LogP contribution < -0.4 is 11.1 Å². The van der Waals surface area contributed by atoms with Gasteiger partial charge < -0.3 is 11.1 Å². The minimum absolute atomic E-state index is 0.157. The van der Waals surface area contributed by atoms with Crippen molar-refractivity contribution in [3.8, 4) is 0 Å². The van der Waals surface area contributed by atoms with E-state index in [4.69, 9.17) is 5.73 Å². The number of likely N-dealkylation sites (N-methyl/N-ethyl adjacent to an activating group) is 1. The molecule has 1 aliphatic heterocycles. The summed E-state index contributed by atoms with van der Waals surface area (Å²) in [6, 6.07) is -0.710. The van der Waals surface area contributed by atoms with Gasteiger partial charge in [0.15, 0.2) is 0 Å². The molecule has 2 unspecified atom stereocenters. The summed E-state index contributed by atoms with van der Waals surface area (Å²) in [6.45, 7) is 3.90. The molecule has 0 aromatic heterocycles. The van der Waals surface area contributed by atoms with Crippen molar-refractivity contribution in [2.24, 2.45) is 5.73 Å². The van der Waals surface area contributed by atoms with Gasteiger partial charge in [-0.15, -0.1) is 0 Å². The van der Waals surface area contributed by atoms with Gasteiger partial charge in [-0.2, -0.15) is 0 Å². The molecule has 1 heterocycles. The number of hydrogen-bond acceptors (Lipinski definition) is 4. The van der Waals surface area contributed by atoms with Crippen molar-refractivity contribution in [1.29, 1.82) is 0 Å². The predicted octanol–water partition coefficient (Wildman–Crippen LogP) is -1.01. The third-order valence-corrected chi connectivity index (χ3v) is 2.55. The molecule has 3 amide bonds. The van der Waals surface area contributed by atoms with Crippen LogP contribution in [0.25, 0.3) is 0 Å². The van der Waals surface area contributed by atoms with Gasteiger partial charge in [0.1, 0.15) is 0 Å². The summed E-state index contributed by atoms with van der Waals surface area (Å²) in [5.41, 5.74) is 5.04. The highest BCUT2D eigenvalue weighted by Crippen LogP contribution is 2.13. The largest absolute Gasteiger partial charge is 0.370 e. The molecule has 0 aromatic carbocycles. The zero-order valence-electron chi connectivity index (χ0n) is 9.53. The molecular formula is C10H17N3O3. The van der Waals surface area contributed by atoms with Crippen LogP contribution in [-0.4, -0.2) is 41.2 Å². The van der Waals surface area contributed by atoms with Crippen LogP contribution in [0.2, 0.25) is 0 Å². The number of amides is 3. The van der Waals surface area contributed by atoms with E-state index < -0.39 is 11.9 Å². The fourth-order valence-electron chi connectivity index (χ4n) is 1.85. The second-order valence-corrected chi connectivity index (χ2v) is 3.97. The fourth-order valence-corrected chi connectivity index (χ4v) is 1.85. The van der Waals surface area contributed by atoms with Gasteiger partial charge in [0.05, 0.1) is 12.5 Å². The van der Waals surface area contributed by atoms with Crippen molar-refractivity contribution in [2.45, 2.75) is 38.8 Å². The highest BCUT2D eigenvalue weighted by atomic mass is 16.2.